The van der Waals surface area contributed by atoms with Gasteiger partial charge in [-0.15, -0.1) is 0 Å². The van der Waals surface area contributed by atoms with Crippen molar-refractivity contribution in [2.75, 3.05) is 0 Å². The molecule has 0 rings (SSSR count). The van der Waals surface area contributed by atoms with Crippen LogP contribution in [0.4, 0.5) is 0 Å². The lowest BCUT2D eigenvalue weighted by Crippen LogP contribution is -2.38. The second kappa shape index (κ2) is 5.00. The average molecular weight is 213 g/mol. The van der Waals surface area contributed by atoms with Gasteiger partial charge < -0.3 is 9.90 Å². The van der Waals surface area contributed by atoms with Crippen LogP contribution in [-0.2, 0) is 4.79 Å². The van der Waals surface area contributed by atoms with Gasteiger partial charge in [-0.05, 0) is 30.6 Å². The molecule has 2 nitrogen and oxygen atoms in total. The lowest BCUT2D eigenvalue weighted by atomic mass is 9.79. The Balaban J connectivity index is 4.01. The third kappa shape index (κ3) is 6.53. The molecule has 15 heavy (non-hydrogen) atoms. The van der Waals surface area contributed by atoms with Crippen LogP contribution in [0.2, 0.25) is 0 Å². The van der Waals surface area contributed by atoms with E-state index in [2.05, 4.69) is 27.7 Å². The summed E-state index contributed by atoms with van der Waals surface area (Å²) in [5, 5.41) is 10.8. The molecule has 0 heterocycles. The Morgan fingerprint density at radius 3 is 2.00 bits per heavy atom. The minimum absolute atomic E-state index is 0.324. The van der Waals surface area contributed by atoms with Crippen LogP contribution in [-0.4, -0.2) is 5.97 Å². The molecule has 0 amide bonds. The number of hydrogen-bond donors (Lipinski definition) is 0. The van der Waals surface area contributed by atoms with Gasteiger partial charge in [0.1, 0.15) is 0 Å². The van der Waals surface area contributed by atoms with Crippen molar-refractivity contribution in [1.82, 2.24) is 0 Å². The molecule has 2 heteroatoms. The Morgan fingerprint density at radius 1 is 1.20 bits per heavy atom. The highest BCUT2D eigenvalue weighted by Gasteiger charge is 2.22. The van der Waals surface area contributed by atoms with E-state index in [-0.39, 0.29) is 0 Å². The van der Waals surface area contributed by atoms with E-state index in [1.54, 1.807) is 13.8 Å². The zero-order valence-electron chi connectivity index (χ0n) is 11.0. The van der Waals surface area contributed by atoms with Gasteiger partial charge in [0.2, 0.25) is 0 Å². The van der Waals surface area contributed by atoms with Crippen molar-refractivity contribution < 1.29 is 9.90 Å². The maximum atomic E-state index is 10.8. The number of carboxylic acids is 1. The highest BCUT2D eigenvalue weighted by Crippen LogP contribution is 2.30. The van der Waals surface area contributed by atoms with Gasteiger partial charge >= 0.3 is 0 Å². The fourth-order valence-corrected chi connectivity index (χ4v) is 1.86. The minimum atomic E-state index is -0.939. The SMILES string of the molecule is CC(CCC(C)(C)C(=O)[O-])CC(C)(C)C. The first kappa shape index (κ1) is 14.5. The van der Waals surface area contributed by atoms with Crippen LogP contribution in [0.25, 0.3) is 0 Å². The number of hydrogen-bond acceptors (Lipinski definition) is 2. The molecule has 0 aromatic heterocycles. The monoisotopic (exact) mass is 213 g/mol. The molecule has 1 atom stereocenters. The van der Waals surface area contributed by atoms with Gasteiger partial charge in [-0.3, -0.25) is 0 Å². The second-order valence-corrected chi connectivity index (χ2v) is 6.58. The summed E-state index contributed by atoms with van der Waals surface area (Å²) in [6.07, 6.45) is 2.79. The lowest BCUT2D eigenvalue weighted by Gasteiger charge is -2.29. The third-order valence-electron chi connectivity index (χ3n) is 2.78. The van der Waals surface area contributed by atoms with Crippen LogP contribution < -0.4 is 5.11 Å². The van der Waals surface area contributed by atoms with Gasteiger partial charge in [-0.1, -0.05) is 41.5 Å². The first-order valence-corrected chi connectivity index (χ1v) is 5.76. The van der Waals surface area contributed by atoms with Crippen LogP contribution in [0, 0.1) is 16.7 Å². The molecule has 90 valence electrons. The highest BCUT2D eigenvalue weighted by atomic mass is 16.4. The maximum absolute atomic E-state index is 10.8. The molecule has 0 aliphatic carbocycles. The number of carbonyl (C=O) groups excluding carboxylic acids is 1. The van der Waals surface area contributed by atoms with E-state index in [0.29, 0.717) is 17.8 Å². The number of carbonyl (C=O) groups is 1. The summed E-state index contributed by atoms with van der Waals surface area (Å²) in [6, 6.07) is 0. The van der Waals surface area contributed by atoms with Gasteiger partial charge in [0, 0.05) is 11.4 Å². The summed E-state index contributed by atoms with van der Waals surface area (Å²) < 4.78 is 0. The Morgan fingerprint density at radius 2 is 1.67 bits per heavy atom. The molecule has 0 aliphatic rings. The van der Waals surface area contributed by atoms with E-state index in [9.17, 15) is 9.90 Å². The van der Waals surface area contributed by atoms with Gasteiger partial charge in [0.05, 0.1) is 0 Å². The second-order valence-electron chi connectivity index (χ2n) is 6.58. The first-order valence-electron chi connectivity index (χ1n) is 5.76. The molecule has 0 saturated heterocycles. The Bertz CT molecular complexity index is 211. The van der Waals surface area contributed by atoms with Gasteiger partial charge in [0.15, 0.2) is 0 Å². The molecule has 0 fully saturated rings. The van der Waals surface area contributed by atoms with Crippen molar-refractivity contribution in [2.24, 2.45) is 16.7 Å². The van der Waals surface area contributed by atoms with Crippen molar-refractivity contribution >= 4 is 5.97 Å². The van der Waals surface area contributed by atoms with E-state index < -0.39 is 11.4 Å². The fraction of sp³-hybridized carbons (Fsp3) is 0.923. The summed E-state index contributed by atoms with van der Waals surface area (Å²) in [5.74, 6) is -0.367. The molecular weight excluding hydrogens is 188 g/mol. The van der Waals surface area contributed by atoms with Gasteiger partial charge in [-0.25, -0.2) is 0 Å². The normalized spacial score (nSPS) is 15.1. The van der Waals surface area contributed by atoms with Crippen molar-refractivity contribution in [3.63, 3.8) is 0 Å². The van der Waals surface area contributed by atoms with Crippen molar-refractivity contribution in [1.29, 1.82) is 0 Å². The molecular formula is C13H25O2-. The molecule has 0 N–H and O–H groups in total. The van der Waals surface area contributed by atoms with E-state index in [1.165, 1.54) is 0 Å². The van der Waals surface area contributed by atoms with E-state index in [4.69, 9.17) is 0 Å². The topological polar surface area (TPSA) is 40.1 Å². The molecule has 1 unspecified atom stereocenters. The number of rotatable bonds is 5. The molecule has 0 aromatic carbocycles. The van der Waals surface area contributed by atoms with Crippen molar-refractivity contribution in [3.05, 3.63) is 0 Å². The van der Waals surface area contributed by atoms with E-state index in [1.807, 2.05) is 0 Å². The standard InChI is InChI=1S/C13H26O2/c1-10(9-12(2,3)4)7-8-13(5,6)11(14)15/h10H,7-9H2,1-6H3,(H,14,15)/p-1. The Labute approximate surface area is 94.1 Å². The first-order chi connectivity index (χ1) is 6.54. The number of aliphatic carboxylic acids is 1. The zero-order chi connectivity index (χ0) is 12.3. The van der Waals surface area contributed by atoms with Gasteiger partial charge in [0.25, 0.3) is 0 Å². The summed E-state index contributed by atoms with van der Waals surface area (Å²) in [5.41, 5.74) is -0.364. The van der Waals surface area contributed by atoms with E-state index >= 15 is 0 Å². The molecule has 0 aliphatic heterocycles. The Kier molecular flexibility index (Phi) is 4.82. The van der Waals surface area contributed by atoms with Crippen molar-refractivity contribution in [3.8, 4) is 0 Å². The Hall–Kier alpha value is -0.530. The maximum Gasteiger partial charge on any atom is 0.0470 e. The lowest BCUT2D eigenvalue weighted by molar-refractivity contribution is -0.318. The van der Waals surface area contributed by atoms with Crippen LogP contribution in [0.15, 0.2) is 0 Å². The summed E-state index contributed by atoms with van der Waals surface area (Å²) in [7, 11) is 0. The minimum Gasteiger partial charge on any atom is -0.550 e. The third-order valence-corrected chi connectivity index (χ3v) is 2.78. The molecule has 0 saturated carbocycles. The van der Waals surface area contributed by atoms with Crippen LogP contribution in [0.3, 0.4) is 0 Å². The zero-order valence-corrected chi connectivity index (χ0v) is 11.0. The summed E-state index contributed by atoms with van der Waals surface area (Å²) >= 11 is 0. The van der Waals surface area contributed by atoms with Crippen LogP contribution in [0.5, 0.6) is 0 Å². The quantitative estimate of drug-likeness (QED) is 0.704. The van der Waals surface area contributed by atoms with Gasteiger partial charge in [-0.2, -0.15) is 0 Å². The molecule has 0 spiro atoms. The predicted molar refractivity (Wildman–Crippen MR) is 61.3 cm³/mol. The molecule has 0 aromatic rings. The summed E-state index contributed by atoms with van der Waals surface area (Å²) in [6.45, 7) is 12.3. The molecule has 0 radical (unpaired) electrons. The van der Waals surface area contributed by atoms with Crippen molar-refractivity contribution in [2.45, 2.75) is 60.8 Å². The van der Waals surface area contributed by atoms with E-state index in [0.717, 1.165) is 12.8 Å². The largest absolute Gasteiger partial charge is 0.550 e. The molecule has 0 bridgehead atoms. The van der Waals surface area contributed by atoms with Crippen LogP contribution in [0.1, 0.15) is 60.8 Å². The fourth-order valence-electron chi connectivity index (χ4n) is 1.86. The average Bonchev–Trinajstić information content (AvgIpc) is 1.97. The summed E-state index contributed by atoms with van der Waals surface area (Å²) in [4.78, 5) is 10.8. The number of carboxylic acid groups (broad SMARTS) is 1. The van der Waals surface area contributed by atoms with Crippen LogP contribution >= 0.6 is 0 Å². The smallest absolute Gasteiger partial charge is 0.0470 e. The highest BCUT2D eigenvalue weighted by molar-refractivity contribution is 5.71. The predicted octanol–water partition coefficient (Wildman–Crippen LogP) is 2.62.